The van der Waals surface area contributed by atoms with Gasteiger partial charge in [0, 0.05) is 6.08 Å². The Balaban J connectivity index is 2.48. The first-order valence-electron chi connectivity index (χ1n) is 5.74. The van der Waals surface area contributed by atoms with Crippen molar-refractivity contribution in [3.8, 4) is 0 Å². The maximum Gasteiger partial charge on any atom is 0.338 e. The summed E-state index contributed by atoms with van der Waals surface area (Å²) in [5, 5.41) is 0. The molecule has 0 N–H and O–H groups in total. The normalized spacial score (nSPS) is 12.1. The molecule has 0 aliphatic heterocycles. The summed E-state index contributed by atoms with van der Waals surface area (Å²) in [5.41, 5.74) is 0.480. The van der Waals surface area contributed by atoms with Crippen molar-refractivity contribution in [2.45, 2.75) is 20.0 Å². The third-order valence-electron chi connectivity index (χ3n) is 2.09. The van der Waals surface area contributed by atoms with Gasteiger partial charge in [0.2, 0.25) is 0 Å². The van der Waals surface area contributed by atoms with Gasteiger partial charge in [0.25, 0.3) is 0 Å². The summed E-state index contributed by atoms with van der Waals surface area (Å²) in [6.07, 6.45) is 2.26. The first-order valence-corrected chi connectivity index (χ1v) is 5.74. The van der Waals surface area contributed by atoms with Crippen LogP contribution in [0.5, 0.6) is 0 Å². The van der Waals surface area contributed by atoms with Crippen LogP contribution in [0.1, 0.15) is 24.2 Å². The van der Waals surface area contributed by atoms with Crippen molar-refractivity contribution in [2.75, 3.05) is 6.61 Å². The minimum Gasteiger partial charge on any atom is -0.463 e. The lowest BCUT2D eigenvalue weighted by Crippen LogP contribution is -2.13. The van der Waals surface area contributed by atoms with Gasteiger partial charge in [-0.25, -0.2) is 9.59 Å². The Bertz CT molecular complexity index is 423. The molecule has 0 amide bonds. The van der Waals surface area contributed by atoms with Gasteiger partial charge in [-0.3, -0.25) is 0 Å². The van der Waals surface area contributed by atoms with E-state index in [-0.39, 0.29) is 0 Å². The van der Waals surface area contributed by atoms with Crippen LogP contribution in [0, 0.1) is 0 Å². The molecule has 1 rings (SSSR count). The minimum atomic E-state index is -0.484. The van der Waals surface area contributed by atoms with Crippen LogP contribution in [-0.4, -0.2) is 24.6 Å². The molecule has 0 spiro atoms. The number of ether oxygens (including phenoxy) is 2. The summed E-state index contributed by atoms with van der Waals surface area (Å²) in [4.78, 5) is 22.7. The predicted molar refractivity (Wildman–Crippen MR) is 67.1 cm³/mol. The van der Waals surface area contributed by atoms with Gasteiger partial charge < -0.3 is 9.47 Å². The Morgan fingerprint density at radius 3 is 2.56 bits per heavy atom. The maximum atomic E-state index is 11.7. The molecule has 0 radical (unpaired) electrons. The van der Waals surface area contributed by atoms with E-state index >= 15 is 0 Å². The molecule has 4 nitrogen and oxygen atoms in total. The molecule has 0 saturated carbocycles. The number of benzene rings is 1. The molecule has 0 aromatic heterocycles. The number of carbonyl (C=O) groups is 2. The molecule has 4 heteroatoms. The van der Waals surface area contributed by atoms with Gasteiger partial charge in [-0.05, 0) is 32.1 Å². The Morgan fingerprint density at radius 2 is 1.94 bits per heavy atom. The van der Waals surface area contributed by atoms with Gasteiger partial charge in [0.1, 0.15) is 6.10 Å². The molecule has 1 aromatic carbocycles. The van der Waals surface area contributed by atoms with E-state index in [9.17, 15) is 9.59 Å². The number of hydrogen-bond donors (Lipinski definition) is 0. The lowest BCUT2D eigenvalue weighted by atomic mass is 10.2. The summed E-state index contributed by atoms with van der Waals surface area (Å²) < 4.78 is 9.85. The van der Waals surface area contributed by atoms with E-state index in [1.165, 1.54) is 12.2 Å². The van der Waals surface area contributed by atoms with Crippen LogP contribution in [0.15, 0.2) is 42.5 Å². The van der Waals surface area contributed by atoms with Crippen LogP contribution in [0.4, 0.5) is 0 Å². The summed E-state index contributed by atoms with van der Waals surface area (Å²) in [6.45, 7) is 3.72. The van der Waals surface area contributed by atoms with Crippen LogP contribution in [0.2, 0.25) is 0 Å². The molecule has 18 heavy (non-hydrogen) atoms. The van der Waals surface area contributed by atoms with Crippen LogP contribution in [0.3, 0.4) is 0 Å². The lowest BCUT2D eigenvalue weighted by Gasteiger charge is -2.08. The largest absolute Gasteiger partial charge is 0.463 e. The highest BCUT2D eigenvalue weighted by Crippen LogP contribution is 2.04. The molecule has 0 saturated heterocycles. The average molecular weight is 248 g/mol. The highest BCUT2D eigenvalue weighted by molar-refractivity contribution is 5.89. The number of hydrogen-bond acceptors (Lipinski definition) is 4. The topological polar surface area (TPSA) is 52.6 Å². The van der Waals surface area contributed by atoms with Crippen molar-refractivity contribution in [3.63, 3.8) is 0 Å². The molecule has 0 bridgehead atoms. The Morgan fingerprint density at radius 1 is 1.28 bits per heavy atom. The fourth-order valence-electron chi connectivity index (χ4n) is 1.25. The molecule has 0 unspecified atom stereocenters. The third-order valence-corrected chi connectivity index (χ3v) is 2.09. The van der Waals surface area contributed by atoms with Crippen molar-refractivity contribution in [3.05, 3.63) is 48.0 Å². The van der Waals surface area contributed by atoms with E-state index in [0.717, 1.165) is 0 Å². The van der Waals surface area contributed by atoms with E-state index < -0.39 is 18.0 Å². The second kappa shape index (κ2) is 7.27. The number of rotatable bonds is 5. The summed E-state index contributed by atoms with van der Waals surface area (Å²) in [6, 6.07) is 8.68. The van der Waals surface area contributed by atoms with Gasteiger partial charge in [0.05, 0.1) is 12.2 Å². The molecular weight excluding hydrogens is 232 g/mol. The van der Waals surface area contributed by atoms with Crippen molar-refractivity contribution < 1.29 is 19.1 Å². The standard InChI is InChI=1S/C14H16O4/c1-3-17-13(15)10-9-11(2)18-14(16)12-7-5-4-6-8-12/h4-11H,3H2,1-2H3/b10-9+/t11-/m0/s1. The van der Waals surface area contributed by atoms with Crippen LogP contribution in [0.25, 0.3) is 0 Å². The second-order valence-electron chi connectivity index (χ2n) is 3.59. The van der Waals surface area contributed by atoms with E-state index in [1.54, 1.807) is 38.1 Å². The fourth-order valence-corrected chi connectivity index (χ4v) is 1.25. The summed E-state index contributed by atoms with van der Waals surface area (Å²) in [5.74, 6) is -0.864. The molecule has 1 aromatic rings. The molecule has 0 aliphatic rings. The van der Waals surface area contributed by atoms with Gasteiger partial charge in [-0.2, -0.15) is 0 Å². The zero-order valence-corrected chi connectivity index (χ0v) is 10.5. The molecule has 0 heterocycles. The number of esters is 2. The van der Waals surface area contributed by atoms with Crippen LogP contribution in [-0.2, 0) is 14.3 Å². The summed E-state index contributed by atoms with van der Waals surface area (Å²) in [7, 11) is 0. The fraction of sp³-hybridized carbons (Fsp3) is 0.286. The Kier molecular flexibility index (Phi) is 5.64. The first kappa shape index (κ1) is 14.0. The summed E-state index contributed by atoms with van der Waals surface area (Å²) >= 11 is 0. The van der Waals surface area contributed by atoms with E-state index in [1.807, 2.05) is 6.07 Å². The SMILES string of the molecule is CCOC(=O)/C=C/[C@H](C)OC(=O)c1ccccc1. The quantitative estimate of drug-likeness (QED) is 0.593. The van der Waals surface area contributed by atoms with Crippen molar-refractivity contribution in [1.82, 2.24) is 0 Å². The molecule has 0 fully saturated rings. The zero-order chi connectivity index (χ0) is 13.4. The van der Waals surface area contributed by atoms with Crippen molar-refractivity contribution in [2.24, 2.45) is 0 Å². The molecular formula is C14H16O4. The average Bonchev–Trinajstić information content (AvgIpc) is 2.38. The monoisotopic (exact) mass is 248 g/mol. The molecule has 96 valence electrons. The highest BCUT2D eigenvalue weighted by Gasteiger charge is 2.09. The molecule has 1 atom stereocenters. The lowest BCUT2D eigenvalue weighted by molar-refractivity contribution is -0.137. The van der Waals surface area contributed by atoms with Gasteiger partial charge >= 0.3 is 11.9 Å². The van der Waals surface area contributed by atoms with E-state index in [0.29, 0.717) is 12.2 Å². The van der Waals surface area contributed by atoms with Gasteiger partial charge in [-0.1, -0.05) is 18.2 Å². The predicted octanol–water partition coefficient (Wildman–Crippen LogP) is 2.35. The first-order chi connectivity index (χ1) is 8.63. The van der Waals surface area contributed by atoms with E-state index in [4.69, 9.17) is 9.47 Å². The van der Waals surface area contributed by atoms with Crippen LogP contribution >= 0.6 is 0 Å². The minimum absolute atomic E-state index is 0.321. The van der Waals surface area contributed by atoms with Crippen LogP contribution < -0.4 is 0 Å². The Hall–Kier alpha value is -2.10. The Labute approximate surface area is 106 Å². The smallest absolute Gasteiger partial charge is 0.338 e. The highest BCUT2D eigenvalue weighted by atomic mass is 16.5. The number of carbonyl (C=O) groups excluding carboxylic acids is 2. The second-order valence-corrected chi connectivity index (χ2v) is 3.59. The maximum absolute atomic E-state index is 11.7. The van der Waals surface area contributed by atoms with Gasteiger partial charge in [-0.15, -0.1) is 0 Å². The van der Waals surface area contributed by atoms with Crippen molar-refractivity contribution in [1.29, 1.82) is 0 Å². The van der Waals surface area contributed by atoms with Crippen molar-refractivity contribution >= 4 is 11.9 Å². The van der Waals surface area contributed by atoms with E-state index in [2.05, 4.69) is 0 Å². The van der Waals surface area contributed by atoms with Gasteiger partial charge in [0.15, 0.2) is 0 Å². The zero-order valence-electron chi connectivity index (χ0n) is 10.5. The molecule has 0 aliphatic carbocycles. The third kappa shape index (κ3) is 4.82.